The minimum Gasteiger partial charge on any atom is -0.496 e. The zero-order chi connectivity index (χ0) is 37.0. The van der Waals surface area contributed by atoms with Crippen LogP contribution in [0, 0.1) is 16.7 Å². The first-order valence-electron chi connectivity index (χ1n) is 15.2. The molecule has 4 aromatic rings. The number of hydrogen-bond acceptors (Lipinski definition) is 7. The van der Waals surface area contributed by atoms with Gasteiger partial charge in [-0.05, 0) is 84.5 Å². The van der Waals surface area contributed by atoms with E-state index in [-0.39, 0.29) is 54.0 Å². The van der Waals surface area contributed by atoms with Gasteiger partial charge < -0.3 is 19.5 Å². The summed E-state index contributed by atoms with van der Waals surface area (Å²) in [6.45, 7) is 5.92. The number of alkyl halides is 6. The molecule has 0 unspecified atom stereocenters. The van der Waals surface area contributed by atoms with Crippen LogP contribution in [0.1, 0.15) is 67.0 Å². The Labute approximate surface area is 284 Å². The van der Waals surface area contributed by atoms with Gasteiger partial charge in [0.15, 0.2) is 5.75 Å². The number of aliphatic carboxylic acids is 1. The molecule has 50 heavy (non-hydrogen) atoms. The Hall–Kier alpha value is -5.32. The van der Waals surface area contributed by atoms with Crippen molar-refractivity contribution in [1.29, 1.82) is 5.26 Å². The molecule has 14 heteroatoms. The van der Waals surface area contributed by atoms with Gasteiger partial charge in [0, 0.05) is 18.7 Å². The molecule has 1 N–H and O–H groups in total. The lowest BCUT2D eigenvalue weighted by Gasteiger charge is -2.26. The van der Waals surface area contributed by atoms with Crippen molar-refractivity contribution >= 4 is 11.9 Å². The molecule has 4 rings (SSSR count). The van der Waals surface area contributed by atoms with Gasteiger partial charge in [-0.2, -0.15) is 31.6 Å². The van der Waals surface area contributed by atoms with Gasteiger partial charge in [0.05, 0.1) is 47.7 Å². The molecule has 0 fully saturated rings. The summed E-state index contributed by atoms with van der Waals surface area (Å²) in [6, 6.07) is 13.1. The molecule has 264 valence electrons. The van der Waals surface area contributed by atoms with Crippen molar-refractivity contribution in [1.82, 2.24) is 9.97 Å². The first-order valence-corrected chi connectivity index (χ1v) is 15.2. The van der Waals surface area contributed by atoms with E-state index in [1.54, 1.807) is 12.1 Å². The third kappa shape index (κ3) is 9.02. The fourth-order valence-corrected chi connectivity index (χ4v) is 4.97. The Kier molecular flexibility index (Phi) is 11.0. The molecule has 0 saturated carbocycles. The van der Waals surface area contributed by atoms with E-state index in [4.69, 9.17) is 9.47 Å². The zero-order valence-electron chi connectivity index (χ0n) is 27.8. The van der Waals surface area contributed by atoms with Crippen LogP contribution in [0.3, 0.4) is 0 Å². The molecule has 0 bridgehead atoms. The fourth-order valence-electron chi connectivity index (χ4n) is 4.97. The third-order valence-corrected chi connectivity index (χ3v) is 7.87. The second-order valence-electron chi connectivity index (χ2n) is 12.6. The quantitative estimate of drug-likeness (QED) is 0.146. The van der Waals surface area contributed by atoms with Crippen molar-refractivity contribution in [3.8, 4) is 28.7 Å². The van der Waals surface area contributed by atoms with Crippen molar-refractivity contribution < 1.29 is 45.7 Å². The van der Waals surface area contributed by atoms with E-state index in [0.717, 1.165) is 23.8 Å². The first kappa shape index (κ1) is 37.5. The van der Waals surface area contributed by atoms with E-state index < -0.39 is 34.9 Å². The molecule has 0 amide bonds. The number of carboxylic acid groups (broad SMARTS) is 1. The number of nitriles is 1. The number of anilines is 1. The second-order valence-corrected chi connectivity index (χ2v) is 12.6. The molecule has 1 heterocycles. The highest BCUT2D eigenvalue weighted by Gasteiger charge is 2.33. The van der Waals surface area contributed by atoms with Gasteiger partial charge in [0.25, 0.3) is 0 Å². The topological polar surface area (TPSA) is 109 Å². The summed E-state index contributed by atoms with van der Waals surface area (Å²) >= 11 is 0. The van der Waals surface area contributed by atoms with Crippen LogP contribution in [0.15, 0.2) is 67.0 Å². The maximum atomic E-state index is 14.1. The van der Waals surface area contributed by atoms with Gasteiger partial charge in [0.1, 0.15) is 12.4 Å². The Morgan fingerprint density at radius 1 is 0.900 bits per heavy atom. The maximum absolute atomic E-state index is 14.1. The smallest absolute Gasteiger partial charge is 0.416 e. The predicted molar refractivity (Wildman–Crippen MR) is 173 cm³/mol. The predicted octanol–water partition coefficient (Wildman–Crippen LogP) is 8.88. The molecule has 0 aliphatic rings. The summed E-state index contributed by atoms with van der Waals surface area (Å²) in [5, 5.41) is 18.9. The molecule has 3 aromatic carbocycles. The Morgan fingerprint density at radius 3 is 2.12 bits per heavy atom. The monoisotopic (exact) mass is 700 g/mol. The van der Waals surface area contributed by atoms with Crippen LogP contribution >= 0.6 is 0 Å². The molecule has 8 nitrogen and oxygen atoms in total. The average Bonchev–Trinajstić information content (AvgIpc) is 3.06. The van der Waals surface area contributed by atoms with Crippen molar-refractivity contribution in [3.63, 3.8) is 0 Å². The summed E-state index contributed by atoms with van der Waals surface area (Å²) in [6.07, 6.45) is -7.05. The van der Waals surface area contributed by atoms with Crippen molar-refractivity contribution in [2.24, 2.45) is 5.41 Å². The van der Waals surface area contributed by atoms with Gasteiger partial charge in [-0.3, -0.25) is 4.79 Å². The number of methoxy groups -OCH3 is 1. The van der Waals surface area contributed by atoms with Gasteiger partial charge in [-0.25, -0.2) is 9.97 Å². The molecule has 1 aromatic heterocycles. The Morgan fingerprint density at radius 2 is 1.56 bits per heavy atom. The summed E-state index contributed by atoms with van der Waals surface area (Å²) in [4.78, 5) is 21.4. The van der Waals surface area contributed by atoms with Crippen molar-refractivity contribution in [2.75, 3.05) is 18.6 Å². The lowest BCUT2D eigenvalue weighted by atomic mass is 9.92. The minimum absolute atomic E-state index is 0.0245. The fraction of sp³-hybridized carbons (Fsp3) is 0.333. The largest absolute Gasteiger partial charge is 0.496 e. The molecule has 0 radical (unpaired) electrons. The van der Waals surface area contributed by atoms with E-state index in [1.807, 2.05) is 26.0 Å². The van der Waals surface area contributed by atoms with Crippen LogP contribution in [0.4, 0.5) is 32.3 Å². The van der Waals surface area contributed by atoms with E-state index in [9.17, 15) is 41.5 Å². The average molecular weight is 701 g/mol. The summed E-state index contributed by atoms with van der Waals surface area (Å²) in [5.41, 5.74) is -1.62. The number of rotatable bonds is 12. The number of aromatic nitrogens is 2. The van der Waals surface area contributed by atoms with Crippen LogP contribution in [0.5, 0.6) is 11.5 Å². The molecular formula is C36H34F6N4O4. The number of nitrogens with zero attached hydrogens (tertiary/aromatic N) is 4. The van der Waals surface area contributed by atoms with Crippen LogP contribution in [0.2, 0.25) is 0 Å². The number of ether oxygens (including phenoxy) is 2. The summed E-state index contributed by atoms with van der Waals surface area (Å²) < 4.78 is 94.7. The van der Waals surface area contributed by atoms with Gasteiger partial charge >= 0.3 is 18.3 Å². The number of carbonyl (C=O) groups is 1. The number of hydrogen-bond donors (Lipinski definition) is 1. The van der Waals surface area contributed by atoms with Crippen LogP contribution in [-0.2, 0) is 30.2 Å². The SMILES string of the molecule is COc1ccc(C(C)C)cc1-c1ccc(C(F)(F)F)cc1CN(Cc1cc(C#N)cc(C(F)(F)F)c1)c1ncc(OCC(C)(C)C(=O)O)cn1. The van der Waals surface area contributed by atoms with Crippen LogP contribution in [-0.4, -0.2) is 34.8 Å². The van der Waals surface area contributed by atoms with Gasteiger partial charge in [0.2, 0.25) is 5.95 Å². The van der Waals surface area contributed by atoms with Crippen LogP contribution in [0.25, 0.3) is 11.1 Å². The minimum atomic E-state index is -4.78. The molecule has 0 aliphatic carbocycles. The highest BCUT2D eigenvalue weighted by atomic mass is 19.4. The van der Waals surface area contributed by atoms with Crippen molar-refractivity contribution in [2.45, 2.75) is 59.1 Å². The molecule has 0 aliphatic heterocycles. The lowest BCUT2D eigenvalue weighted by Crippen LogP contribution is -2.30. The van der Waals surface area contributed by atoms with Gasteiger partial charge in [-0.1, -0.05) is 26.0 Å². The first-order chi connectivity index (χ1) is 23.3. The van der Waals surface area contributed by atoms with E-state index >= 15 is 0 Å². The Bertz CT molecular complexity index is 1880. The molecule has 0 spiro atoms. The molecule has 0 atom stereocenters. The highest BCUT2D eigenvalue weighted by Crippen LogP contribution is 2.39. The van der Waals surface area contributed by atoms with Crippen LogP contribution < -0.4 is 14.4 Å². The maximum Gasteiger partial charge on any atom is 0.416 e. The third-order valence-electron chi connectivity index (χ3n) is 7.87. The lowest BCUT2D eigenvalue weighted by molar-refractivity contribution is -0.148. The van der Waals surface area contributed by atoms with Gasteiger partial charge in [-0.15, -0.1) is 0 Å². The van der Waals surface area contributed by atoms with Crippen molar-refractivity contribution in [3.05, 3.63) is 100 Å². The molecular weight excluding hydrogens is 666 g/mol. The normalized spacial score (nSPS) is 12.1. The standard InChI is InChI=1S/C36H34F6N4O4/c1-21(2)24-6-9-31(49-5)30(14-24)29-8-7-26(35(37,38)39)13-25(29)19-46(18-23-10-22(15-43)11-27(12-23)36(40,41)42)33-44-16-28(17-45-33)50-20-34(3,4)32(47)48/h6-14,16-17,21H,18-20H2,1-5H3,(H,47,48). The number of halogens is 6. The van der Waals surface area contributed by atoms with E-state index in [0.29, 0.717) is 22.9 Å². The number of benzene rings is 3. The Balaban J connectivity index is 1.87. The highest BCUT2D eigenvalue weighted by molar-refractivity contribution is 5.75. The molecule has 0 saturated heterocycles. The second kappa shape index (κ2) is 14.7. The summed E-state index contributed by atoms with van der Waals surface area (Å²) in [5.74, 6) is -0.646. The van der Waals surface area contributed by atoms with E-state index in [2.05, 4.69) is 9.97 Å². The summed E-state index contributed by atoms with van der Waals surface area (Å²) in [7, 11) is 1.43. The zero-order valence-corrected chi connectivity index (χ0v) is 27.8. The number of carboxylic acids is 1. The van der Waals surface area contributed by atoms with E-state index in [1.165, 1.54) is 50.4 Å².